The summed E-state index contributed by atoms with van der Waals surface area (Å²) in [6.07, 6.45) is 2.87. The second-order valence-electron chi connectivity index (χ2n) is 9.47. The minimum Gasteiger partial charge on any atom is -0.507 e. The molecule has 4 rings (SSSR count). The average Bonchev–Trinajstić information content (AvgIpc) is 3.26. The van der Waals surface area contributed by atoms with Gasteiger partial charge in [-0.2, -0.15) is 0 Å². The number of aliphatic hydroxyl groups is 1. The number of para-hydroxylation sites is 1. The van der Waals surface area contributed by atoms with Crippen LogP contribution < -0.4 is 9.64 Å². The first kappa shape index (κ1) is 26.2. The molecule has 0 aliphatic carbocycles. The maximum Gasteiger partial charge on any atom is 0.296 e. The van der Waals surface area contributed by atoms with Crippen LogP contribution in [0.2, 0.25) is 0 Å². The van der Waals surface area contributed by atoms with Crippen LogP contribution in [0.4, 0.5) is 5.69 Å². The minimum absolute atomic E-state index is 0.188. The number of likely N-dealkylation sites (tertiary alicyclic amines) is 1. The Kier molecular flexibility index (Phi) is 7.50. The van der Waals surface area contributed by atoms with Gasteiger partial charge in [-0.3, -0.25) is 14.4 Å². The van der Waals surface area contributed by atoms with Gasteiger partial charge in [0.1, 0.15) is 18.1 Å². The number of amides is 2. The first-order valence-corrected chi connectivity index (χ1v) is 12.5. The standard InChI is InChI=1S/C29H33N3O5/c1-5-16-31-23-11-8-7-10-22(23)29(28(31)36)24(26(34)27(35)32(29)18-9-17-30(3)4)25(33)20-12-14-21(15-13-20)37-19-6-2/h6-8,10-15,33H,2,5,9,16-19H2,1,3-4H3/t29-/m0/s1. The van der Waals surface area contributed by atoms with Gasteiger partial charge in [-0.25, -0.2) is 0 Å². The van der Waals surface area contributed by atoms with E-state index < -0.39 is 23.1 Å². The highest BCUT2D eigenvalue weighted by molar-refractivity contribution is 6.50. The summed E-state index contributed by atoms with van der Waals surface area (Å²) < 4.78 is 5.52. The van der Waals surface area contributed by atoms with Crippen LogP contribution in [0.15, 0.2) is 66.8 Å². The number of fused-ring (bicyclic) bond motifs is 2. The molecule has 0 radical (unpaired) electrons. The van der Waals surface area contributed by atoms with Gasteiger partial charge in [0.05, 0.1) is 11.3 Å². The lowest BCUT2D eigenvalue weighted by molar-refractivity contribution is -0.143. The van der Waals surface area contributed by atoms with Gasteiger partial charge in [0.2, 0.25) is 0 Å². The first-order valence-electron chi connectivity index (χ1n) is 12.5. The fourth-order valence-electron chi connectivity index (χ4n) is 5.17. The van der Waals surface area contributed by atoms with Gasteiger partial charge in [-0.05, 0) is 63.8 Å². The smallest absolute Gasteiger partial charge is 0.296 e. The number of anilines is 1. The molecule has 2 aromatic rings. The van der Waals surface area contributed by atoms with Crippen molar-refractivity contribution in [3.63, 3.8) is 0 Å². The topological polar surface area (TPSA) is 90.4 Å². The predicted molar refractivity (Wildman–Crippen MR) is 142 cm³/mol. The highest BCUT2D eigenvalue weighted by atomic mass is 16.5. The lowest BCUT2D eigenvalue weighted by Gasteiger charge is -2.34. The Labute approximate surface area is 217 Å². The van der Waals surface area contributed by atoms with Crippen molar-refractivity contribution in [2.45, 2.75) is 25.3 Å². The zero-order valence-electron chi connectivity index (χ0n) is 21.6. The van der Waals surface area contributed by atoms with Crippen LogP contribution in [0.1, 0.15) is 30.9 Å². The van der Waals surface area contributed by atoms with E-state index in [0.29, 0.717) is 55.1 Å². The maximum atomic E-state index is 14.3. The number of ketones is 1. The Bertz CT molecular complexity index is 1250. The number of carbonyl (C=O) groups is 3. The van der Waals surface area contributed by atoms with E-state index in [1.807, 2.05) is 38.1 Å². The molecule has 1 atom stereocenters. The van der Waals surface area contributed by atoms with E-state index in [1.165, 1.54) is 4.90 Å². The monoisotopic (exact) mass is 503 g/mol. The number of hydrogen-bond donors (Lipinski definition) is 1. The summed E-state index contributed by atoms with van der Waals surface area (Å²) in [5, 5.41) is 11.5. The molecule has 0 aromatic heterocycles. The minimum atomic E-state index is -1.73. The quantitative estimate of drug-likeness (QED) is 0.231. The van der Waals surface area contributed by atoms with Gasteiger partial charge in [0.25, 0.3) is 17.6 Å². The van der Waals surface area contributed by atoms with Crippen LogP contribution in [0.5, 0.6) is 5.75 Å². The molecule has 0 unspecified atom stereocenters. The van der Waals surface area contributed by atoms with E-state index in [4.69, 9.17) is 4.74 Å². The van der Waals surface area contributed by atoms with E-state index in [-0.39, 0.29) is 17.9 Å². The molecule has 194 valence electrons. The second-order valence-corrected chi connectivity index (χ2v) is 9.47. The third-order valence-corrected chi connectivity index (χ3v) is 6.74. The lowest BCUT2D eigenvalue weighted by Crippen LogP contribution is -2.52. The molecular weight excluding hydrogens is 470 g/mol. The van der Waals surface area contributed by atoms with E-state index in [2.05, 4.69) is 6.58 Å². The van der Waals surface area contributed by atoms with Crippen molar-refractivity contribution in [2.24, 2.45) is 0 Å². The van der Waals surface area contributed by atoms with Crippen molar-refractivity contribution >= 4 is 29.0 Å². The summed E-state index contributed by atoms with van der Waals surface area (Å²) in [5.41, 5.74) is -0.430. The highest BCUT2D eigenvalue weighted by Gasteiger charge is 2.66. The normalized spacial score (nSPS) is 20.3. The lowest BCUT2D eigenvalue weighted by atomic mass is 9.82. The summed E-state index contributed by atoms with van der Waals surface area (Å²) in [7, 11) is 3.84. The van der Waals surface area contributed by atoms with Crippen molar-refractivity contribution in [3.8, 4) is 5.75 Å². The van der Waals surface area contributed by atoms with Crippen molar-refractivity contribution in [3.05, 3.63) is 77.9 Å². The molecule has 2 amide bonds. The molecule has 1 spiro atoms. The molecule has 8 heteroatoms. The summed E-state index contributed by atoms with van der Waals surface area (Å²) in [6, 6.07) is 13.7. The molecule has 0 bridgehead atoms. The van der Waals surface area contributed by atoms with Gasteiger partial charge in [-0.15, -0.1) is 0 Å². The fourth-order valence-corrected chi connectivity index (χ4v) is 5.17. The number of rotatable bonds is 10. The van der Waals surface area contributed by atoms with Crippen molar-refractivity contribution in [1.82, 2.24) is 9.80 Å². The Morgan fingerprint density at radius 2 is 1.78 bits per heavy atom. The fraction of sp³-hybridized carbons (Fsp3) is 0.345. The van der Waals surface area contributed by atoms with Crippen molar-refractivity contribution in [2.75, 3.05) is 45.2 Å². The Hall–Kier alpha value is -3.91. The van der Waals surface area contributed by atoms with Gasteiger partial charge in [-0.1, -0.05) is 37.8 Å². The molecule has 0 saturated carbocycles. The Balaban J connectivity index is 1.92. The highest BCUT2D eigenvalue weighted by Crippen LogP contribution is 2.53. The molecule has 1 saturated heterocycles. The third kappa shape index (κ3) is 4.31. The number of benzene rings is 2. The molecule has 8 nitrogen and oxygen atoms in total. The molecule has 2 aliphatic rings. The summed E-state index contributed by atoms with van der Waals surface area (Å²) in [4.78, 5) is 46.3. The van der Waals surface area contributed by atoms with Gasteiger partial charge in [0, 0.05) is 24.2 Å². The first-order chi connectivity index (χ1) is 17.8. The van der Waals surface area contributed by atoms with Crippen molar-refractivity contribution in [1.29, 1.82) is 0 Å². The number of nitrogens with zero attached hydrogens (tertiary/aromatic N) is 3. The van der Waals surface area contributed by atoms with Crippen LogP contribution >= 0.6 is 0 Å². The zero-order chi connectivity index (χ0) is 26.7. The predicted octanol–water partition coefficient (Wildman–Crippen LogP) is 3.54. The van der Waals surface area contributed by atoms with E-state index >= 15 is 0 Å². The number of hydrogen-bond acceptors (Lipinski definition) is 6. The van der Waals surface area contributed by atoms with E-state index in [9.17, 15) is 19.5 Å². The van der Waals surface area contributed by atoms with Crippen molar-refractivity contribution < 1.29 is 24.2 Å². The average molecular weight is 504 g/mol. The van der Waals surface area contributed by atoms with E-state index in [1.54, 1.807) is 47.4 Å². The van der Waals surface area contributed by atoms with Crippen LogP contribution in [-0.4, -0.2) is 72.8 Å². The Morgan fingerprint density at radius 3 is 2.43 bits per heavy atom. The summed E-state index contributed by atoms with van der Waals surface area (Å²) >= 11 is 0. The number of carbonyl (C=O) groups excluding carboxylic acids is 3. The maximum absolute atomic E-state index is 14.3. The van der Waals surface area contributed by atoms with Crippen LogP contribution in [0.3, 0.4) is 0 Å². The summed E-state index contributed by atoms with van der Waals surface area (Å²) in [6.45, 7) is 7.19. The molecular formula is C29H33N3O5. The van der Waals surface area contributed by atoms with Gasteiger partial charge < -0.3 is 24.5 Å². The third-order valence-electron chi connectivity index (χ3n) is 6.74. The second kappa shape index (κ2) is 10.6. The molecule has 1 N–H and O–H groups in total. The number of aliphatic hydroxyl groups excluding tert-OH is 1. The SMILES string of the molecule is C=CCOc1ccc(C(O)=C2C(=O)C(=O)N(CCCN(C)C)[C@]23C(=O)N(CCC)c2ccccc23)cc1. The van der Waals surface area contributed by atoms with Gasteiger partial charge >= 0.3 is 0 Å². The molecule has 2 heterocycles. The zero-order valence-corrected chi connectivity index (χ0v) is 21.6. The summed E-state index contributed by atoms with van der Waals surface area (Å²) in [5.74, 6) is -1.87. The molecule has 37 heavy (non-hydrogen) atoms. The van der Waals surface area contributed by atoms with Crippen LogP contribution in [-0.2, 0) is 19.9 Å². The van der Waals surface area contributed by atoms with Gasteiger partial charge in [0.15, 0.2) is 5.54 Å². The van der Waals surface area contributed by atoms with E-state index in [0.717, 1.165) is 0 Å². The molecule has 2 aromatic carbocycles. The van der Waals surface area contributed by atoms with Crippen LogP contribution in [0.25, 0.3) is 5.76 Å². The van der Waals surface area contributed by atoms with Crippen LogP contribution in [0, 0.1) is 0 Å². The number of ether oxygens (including phenoxy) is 1. The largest absolute Gasteiger partial charge is 0.507 e. The molecule has 1 fully saturated rings. The molecule has 2 aliphatic heterocycles. The number of Topliss-reactive ketones (excluding diaryl/α,β-unsaturated/α-hetero) is 1. The Morgan fingerprint density at radius 1 is 1.08 bits per heavy atom.